The van der Waals surface area contributed by atoms with Crippen LogP contribution in [0.1, 0.15) is 51.1 Å². The van der Waals surface area contributed by atoms with Crippen LogP contribution in [-0.2, 0) is 14.4 Å². The van der Waals surface area contributed by atoms with Gasteiger partial charge in [0.1, 0.15) is 0 Å². The Morgan fingerprint density at radius 1 is 1.19 bits per heavy atom. The van der Waals surface area contributed by atoms with Crippen LogP contribution in [0.4, 0.5) is 0 Å². The van der Waals surface area contributed by atoms with E-state index in [-0.39, 0.29) is 35.7 Å². The van der Waals surface area contributed by atoms with Crippen molar-refractivity contribution in [1.29, 1.82) is 0 Å². The summed E-state index contributed by atoms with van der Waals surface area (Å²) >= 11 is 0. The maximum atomic E-state index is 12.9. The number of piperidine rings is 1. The maximum Gasteiger partial charge on any atom is 0.227 e. The van der Waals surface area contributed by atoms with E-state index < -0.39 is 0 Å². The standard InChI is InChI=1S/C21H29N3O3/c1-3-19(25)22-18-9-11-23(12-10-18)21(27)17-13-20(26)24(14-17)15(2)16-7-5-4-6-8-16/h4-8,15,17-18H,3,9-14H2,1-2H3,(H,22,25). The van der Waals surface area contributed by atoms with Crippen LogP contribution in [-0.4, -0.2) is 53.2 Å². The van der Waals surface area contributed by atoms with Crippen molar-refractivity contribution in [2.45, 2.75) is 51.6 Å². The van der Waals surface area contributed by atoms with E-state index in [0.29, 0.717) is 32.5 Å². The molecule has 0 saturated carbocycles. The third kappa shape index (κ3) is 4.49. The number of hydrogen-bond donors (Lipinski definition) is 1. The molecule has 3 amide bonds. The Morgan fingerprint density at radius 3 is 2.48 bits per heavy atom. The summed E-state index contributed by atoms with van der Waals surface area (Å²) < 4.78 is 0. The maximum absolute atomic E-state index is 12.9. The van der Waals surface area contributed by atoms with Crippen LogP contribution < -0.4 is 5.32 Å². The molecule has 1 N–H and O–H groups in total. The van der Waals surface area contributed by atoms with Crippen LogP contribution in [0.25, 0.3) is 0 Å². The molecule has 0 aromatic heterocycles. The monoisotopic (exact) mass is 371 g/mol. The van der Waals surface area contributed by atoms with E-state index in [1.807, 2.05) is 54.0 Å². The largest absolute Gasteiger partial charge is 0.353 e. The first-order valence-electron chi connectivity index (χ1n) is 9.92. The van der Waals surface area contributed by atoms with Crippen LogP contribution in [0, 0.1) is 5.92 Å². The lowest BCUT2D eigenvalue weighted by atomic mass is 10.0. The molecule has 2 heterocycles. The van der Waals surface area contributed by atoms with E-state index in [2.05, 4.69) is 5.32 Å². The molecule has 27 heavy (non-hydrogen) atoms. The quantitative estimate of drug-likeness (QED) is 0.862. The molecule has 6 nitrogen and oxygen atoms in total. The molecule has 0 radical (unpaired) electrons. The summed E-state index contributed by atoms with van der Waals surface area (Å²) in [6, 6.07) is 10.1. The molecule has 2 aliphatic heterocycles. The number of carbonyl (C=O) groups excluding carboxylic acids is 3. The topological polar surface area (TPSA) is 69.7 Å². The fourth-order valence-electron chi connectivity index (χ4n) is 4.01. The highest BCUT2D eigenvalue weighted by molar-refractivity contribution is 5.89. The van der Waals surface area contributed by atoms with Crippen molar-refractivity contribution in [3.8, 4) is 0 Å². The molecule has 1 aromatic rings. The minimum atomic E-state index is -0.259. The number of nitrogens with zero attached hydrogens (tertiary/aromatic N) is 2. The van der Waals surface area contributed by atoms with E-state index in [1.54, 1.807) is 0 Å². The fourth-order valence-corrected chi connectivity index (χ4v) is 4.01. The first-order valence-corrected chi connectivity index (χ1v) is 9.92. The van der Waals surface area contributed by atoms with Gasteiger partial charge >= 0.3 is 0 Å². The van der Waals surface area contributed by atoms with Crippen molar-refractivity contribution < 1.29 is 14.4 Å². The zero-order valence-corrected chi connectivity index (χ0v) is 16.2. The zero-order chi connectivity index (χ0) is 19.4. The van der Waals surface area contributed by atoms with Crippen molar-refractivity contribution >= 4 is 17.7 Å². The van der Waals surface area contributed by atoms with Gasteiger partial charge in [0.05, 0.1) is 12.0 Å². The number of carbonyl (C=O) groups is 3. The molecule has 2 saturated heterocycles. The van der Waals surface area contributed by atoms with Crippen LogP contribution in [0.5, 0.6) is 0 Å². The molecule has 3 rings (SSSR count). The van der Waals surface area contributed by atoms with E-state index in [0.717, 1.165) is 18.4 Å². The van der Waals surface area contributed by atoms with Crippen molar-refractivity contribution in [2.75, 3.05) is 19.6 Å². The molecule has 2 aliphatic rings. The summed E-state index contributed by atoms with van der Waals surface area (Å²) in [6.07, 6.45) is 2.34. The third-order valence-electron chi connectivity index (χ3n) is 5.75. The highest BCUT2D eigenvalue weighted by atomic mass is 16.2. The summed E-state index contributed by atoms with van der Waals surface area (Å²) in [5.74, 6) is -0.0710. The fraction of sp³-hybridized carbons (Fsp3) is 0.571. The Morgan fingerprint density at radius 2 is 1.85 bits per heavy atom. The van der Waals surface area contributed by atoms with Crippen LogP contribution in [0.3, 0.4) is 0 Å². The average molecular weight is 371 g/mol. The Bertz CT molecular complexity index is 683. The summed E-state index contributed by atoms with van der Waals surface area (Å²) in [7, 11) is 0. The van der Waals surface area contributed by atoms with E-state index in [9.17, 15) is 14.4 Å². The lowest BCUT2D eigenvalue weighted by molar-refractivity contribution is -0.137. The summed E-state index contributed by atoms with van der Waals surface area (Å²) in [6.45, 7) is 5.63. The second-order valence-corrected chi connectivity index (χ2v) is 7.55. The van der Waals surface area contributed by atoms with Crippen LogP contribution in [0.15, 0.2) is 30.3 Å². The highest BCUT2D eigenvalue weighted by Crippen LogP contribution is 2.30. The Labute approximate surface area is 160 Å². The van der Waals surface area contributed by atoms with Gasteiger partial charge in [-0.1, -0.05) is 37.3 Å². The SMILES string of the molecule is CCC(=O)NC1CCN(C(=O)C2CC(=O)N(C(C)c3ccccc3)C2)CC1. The van der Waals surface area contributed by atoms with Gasteiger partial charge in [-0.05, 0) is 25.3 Å². The smallest absolute Gasteiger partial charge is 0.227 e. The van der Waals surface area contributed by atoms with Gasteiger partial charge in [0.25, 0.3) is 0 Å². The minimum absolute atomic E-state index is 0.0218. The van der Waals surface area contributed by atoms with Crippen molar-refractivity contribution in [3.63, 3.8) is 0 Å². The molecule has 2 atom stereocenters. The molecule has 2 fully saturated rings. The average Bonchev–Trinajstić information content (AvgIpc) is 3.09. The number of amides is 3. The molecule has 0 aliphatic carbocycles. The predicted octanol–water partition coefficient (Wildman–Crippen LogP) is 2.11. The number of rotatable bonds is 5. The molecule has 0 spiro atoms. The van der Waals surface area contributed by atoms with Gasteiger partial charge in [-0.2, -0.15) is 0 Å². The molecular formula is C21H29N3O3. The zero-order valence-electron chi connectivity index (χ0n) is 16.2. The van der Waals surface area contributed by atoms with Gasteiger partial charge in [-0.15, -0.1) is 0 Å². The lowest BCUT2D eigenvalue weighted by Gasteiger charge is -2.34. The third-order valence-corrected chi connectivity index (χ3v) is 5.75. The van der Waals surface area contributed by atoms with Gasteiger partial charge < -0.3 is 15.1 Å². The Hall–Kier alpha value is -2.37. The Kier molecular flexibility index (Phi) is 6.14. The molecule has 0 bridgehead atoms. The first-order chi connectivity index (χ1) is 13.0. The van der Waals surface area contributed by atoms with Gasteiger partial charge in [0.15, 0.2) is 0 Å². The lowest BCUT2D eigenvalue weighted by Crippen LogP contribution is -2.48. The molecule has 1 aromatic carbocycles. The van der Waals surface area contributed by atoms with Crippen molar-refractivity contribution in [3.05, 3.63) is 35.9 Å². The van der Waals surface area contributed by atoms with Gasteiger partial charge in [0.2, 0.25) is 17.7 Å². The summed E-state index contributed by atoms with van der Waals surface area (Å²) in [4.78, 5) is 40.6. The van der Waals surface area contributed by atoms with E-state index in [1.165, 1.54) is 0 Å². The summed E-state index contributed by atoms with van der Waals surface area (Å²) in [5.41, 5.74) is 1.09. The van der Waals surface area contributed by atoms with Crippen LogP contribution in [0.2, 0.25) is 0 Å². The normalized spacial score (nSPS) is 22.0. The van der Waals surface area contributed by atoms with Crippen molar-refractivity contribution in [2.24, 2.45) is 5.92 Å². The van der Waals surface area contributed by atoms with Gasteiger partial charge in [-0.3, -0.25) is 14.4 Å². The number of hydrogen-bond acceptors (Lipinski definition) is 3. The molecule has 6 heteroatoms. The summed E-state index contributed by atoms with van der Waals surface area (Å²) in [5, 5.41) is 3.01. The van der Waals surface area contributed by atoms with Crippen molar-refractivity contribution in [1.82, 2.24) is 15.1 Å². The van der Waals surface area contributed by atoms with Gasteiger partial charge in [0, 0.05) is 38.5 Å². The second-order valence-electron chi connectivity index (χ2n) is 7.55. The Balaban J connectivity index is 1.54. The van der Waals surface area contributed by atoms with E-state index >= 15 is 0 Å². The molecular weight excluding hydrogens is 342 g/mol. The van der Waals surface area contributed by atoms with Gasteiger partial charge in [-0.25, -0.2) is 0 Å². The minimum Gasteiger partial charge on any atom is -0.353 e. The first kappa shape index (κ1) is 19.4. The number of benzene rings is 1. The molecule has 146 valence electrons. The number of nitrogens with one attached hydrogen (secondary N) is 1. The second kappa shape index (κ2) is 8.55. The molecule has 2 unspecified atom stereocenters. The highest BCUT2D eigenvalue weighted by Gasteiger charge is 2.39. The number of likely N-dealkylation sites (tertiary alicyclic amines) is 2. The predicted molar refractivity (Wildman–Crippen MR) is 103 cm³/mol. The van der Waals surface area contributed by atoms with Crippen LogP contribution >= 0.6 is 0 Å². The van der Waals surface area contributed by atoms with E-state index in [4.69, 9.17) is 0 Å².